The lowest BCUT2D eigenvalue weighted by atomic mass is 9.97. The second-order valence-electron chi connectivity index (χ2n) is 10.2. The van der Waals surface area contributed by atoms with Crippen LogP contribution in [0.15, 0.2) is 48.8 Å². The first kappa shape index (κ1) is 25.7. The number of halogens is 3. The monoisotopic (exact) mass is 528 g/mol. The number of fused-ring (bicyclic) bond motifs is 4. The van der Waals surface area contributed by atoms with Gasteiger partial charge in [-0.3, -0.25) is 15.2 Å². The Kier molecular flexibility index (Phi) is 6.59. The van der Waals surface area contributed by atoms with Crippen LogP contribution in [0.1, 0.15) is 25.8 Å². The highest BCUT2D eigenvalue weighted by Gasteiger charge is 2.40. The van der Waals surface area contributed by atoms with Gasteiger partial charge in [0.2, 0.25) is 5.88 Å². The molecule has 1 unspecified atom stereocenters. The number of anilines is 3. The molecular weight excluding hydrogens is 501 g/mol. The first-order chi connectivity index (χ1) is 18.0. The smallest absolute Gasteiger partial charge is 0.416 e. The fourth-order valence-electron chi connectivity index (χ4n) is 4.45. The zero-order valence-corrected chi connectivity index (χ0v) is 20.9. The summed E-state index contributed by atoms with van der Waals surface area (Å²) in [5.41, 5.74) is 0.125. The van der Waals surface area contributed by atoms with Gasteiger partial charge in [0.25, 0.3) is 0 Å². The minimum absolute atomic E-state index is 0.0703. The van der Waals surface area contributed by atoms with Gasteiger partial charge >= 0.3 is 12.2 Å². The van der Waals surface area contributed by atoms with Crippen molar-refractivity contribution in [1.29, 1.82) is 0 Å². The van der Waals surface area contributed by atoms with Gasteiger partial charge in [-0.1, -0.05) is 26.0 Å². The SMILES string of the molecule is CC(C)(CO)COc1cncc(NC(=O)N2c3nc(-c4cccc(C(F)(F)F)c4)ccc3N3CCC2C3)n1. The summed E-state index contributed by atoms with van der Waals surface area (Å²) in [4.78, 5) is 30.2. The molecule has 0 aliphatic carbocycles. The predicted molar refractivity (Wildman–Crippen MR) is 135 cm³/mol. The summed E-state index contributed by atoms with van der Waals surface area (Å²) in [5, 5.41) is 12.2. The van der Waals surface area contributed by atoms with E-state index in [1.165, 1.54) is 18.5 Å². The number of carbonyl (C=O) groups excluding carboxylic acids is 1. The molecule has 1 aromatic carbocycles. The number of aliphatic hydroxyl groups is 1. The maximum absolute atomic E-state index is 13.5. The lowest BCUT2D eigenvalue weighted by Gasteiger charge is -2.35. The zero-order chi connectivity index (χ0) is 27.1. The number of aromatic nitrogens is 3. The Bertz CT molecular complexity index is 1350. The summed E-state index contributed by atoms with van der Waals surface area (Å²) >= 11 is 0. The van der Waals surface area contributed by atoms with Gasteiger partial charge in [-0.2, -0.15) is 18.2 Å². The van der Waals surface area contributed by atoms with Gasteiger partial charge in [-0.15, -0.1) is 0 Å². The molecule has 1 fully saturated rings. The second-order valence-corrected chi connectivity index (χ2v) is 10.2. The number of urea groups is 1. The number of benzene rings is 1. The molecule has 2 N–H and O–H groups in total. The number of hydrogen-bond acceptors (Lipinski definition) is 7. The fourth-order valence-corrected chi connectivity index (χ4v) is 4.45. The van der Waals surface area contributed by atoms with Crippen LogP contribution in [-0.2, 0) is 6.18 Å². The van der Waals surface area contributed by atoms with Crippen molar-refractivity contribution in [2.45, 2.75) is 32.5 Å². The van der Waals surface area contributed by atoms with Crippen LogP contribution in [0.3, 0.4) is 0 Å². The number of ether oxygens (including phenoxy) is 1. The van der Waals surface area contributed by atoms with Crippen LogP contribution in [0.25, 0.3) is 11.3 Å². The number of alkyl halides is 3. The molecule has 0 saturated carbocycles. The van der Waals surface area contributed by atoms with Crippen molar-refractivity contribution in [3.05, 3.63) is 54.4 Å². The van der Waals surface area contributed by atoms with E-state index in [2.05, 4.69) is 25.2 Å². The minimum Gasteiger partial charge on any atom is -0.476 e. The van der Waals surface area contributed by atoms with Crippen LogP contribution >= 0.6 is 0 Å². The number of nitrogens with one attached hydrogen (secondary N) is 1. The third kappa shape index (κ3) is 5.21. The second kappa shape index (κ2) is 9.75. The molecule has 38 heavy (non-hydrogen) atoms. The minimum atomic E-state index is -4.48. The van der Waals surface area contributed by atoms with E-state index in [-0.39, 0.29) is 31.0 Å². The van der Waals surface area contributed by atoms with Crippen molar-refractivity contribution in [3.8, 4) is 17.1 Å². The number of hydrogen-bond donors (Lipinski definition) is 2. The number of nitrogens with zero attached hydrogens (tertiary/aromatic N) is 5. The molecular formula is C26H27F3N6O3. The maximum atomic E-state index is 13.5. The molecule has 2 aliphatic rings. The molecule has 2 amide bonds. The first-order valence-corrected chi connectivity index (χ1v) is 12.1. The first-order valence-electron chi connectivity index (χ1n) is 12.1. The highest BCUT2D eigenvalue weighted by Crippen LogP contribution is 2.41. The molecule has 2 aliphatic heterocycles. The zero-order valence-electron chi connectivity index (χ0n) is 20.9. The van der Waals surface area contributed by atoms with Gasteiger partial charge in [0.1, 0.15) is 0 Å². The molecule has 3 aromatic rings. The molecule has 0 spiro atoms. The van der Waals surface area contributed by atoms with Crippen LogP contribution in [-0.4, -0.2) is 58.4 Å². The molecule has 2 aromatic heterocycles. The average Bonchev–Trinajstić information content (AvgIpc) is 3.31. The van der Waals surface area contributed by atoms with Crippen molar-refractivity contribution in [2.75, 3.05) is 41.4 Å². The molecule has 4 heterocycles. The largest absolute Gasteiger partial charge is 0.476 e. The Morgan fingerprint density at radius 2 is 2.00 bits per heavy atom. The third-order valence-corrected chi connectivity index (χ3v) is 6.54. The topological polar surface area (TPSA) is 104 Å². The van der Waals surface area contributed by atoms with E-state index in [4.69, 9.17) is 4.74 Å². The van der Waals surface area contributed by atoms with E-state index in [9.17, 15) is 23.1 Å². The van der Waals surface area contributed by atoms with Gasteiger partial charge < -0.3 is 14.7 Å². The van der Waals surface area contributed by atoms with Crippen LogP contribution in [0.2, 0.25) is 0 Å². The lowest BCUT2D eigenvalue weighted by Crippen LogP contribution is -2.48. The molecule has 9 nitrogen and oxygen atoms in total. The molecule has 1 saturated heterocycles. The third-order valence-electron chi connectivity index (χ3n) is 6.54. The van der Waals surface area contributed by atoms with E-state index in [1.54, 1.807) is 23.1 Å². The molecule has 12 heteroatoms. The molecule has 1 atom stereocenters. The van der Waals surface area contributed by atoms with Crippen LogP contribution < -0.4 is 19.9 Å². The van der Waals surface area contributed by atoms with Crippen molar-refractivity contribution >= 4 is 23.4 Å². The molecule has 2 bridgehead atoms. The van der Waals surface area contributed by atoms with Crippen LogP contribution in [0, 0.1) is 5.41 Å². The highest BCUT2D eigenvalue weighted by molar-refractivity contribution is 6.04. The quantitative estimate of drug-likeness (QED) is 0.483. The van der Waals surface area contributed by atoms with Crippen LogP contribution in [0.4, 0.5) is 35.3 Å². The summed E-state index contributed by atoms with van der Waals surface area (Å²) in [6.07, 6.45) is -0.959. The summed E-state index contributed by atoms with van der Waals surface area (Å²) < 4.78 is 45.5. The van der Waals surface area contributed by atoms with Gasteiger partial charge in [-0.25, -0.2) is 9.78 Å². The van der Waals surface area contributed by atoms with Crippen LogP contribution in [0.5, 0.6) is 5.88 Å². The van der Waals surface area contributed by atoms with E-state index in [1.807, 2.05) is 13.8 Å². The Labute approximate surface area is 217 Å². The van der Waals surface area contributed by atoms with Gasteiger partial charge in [0.05, 0.1) is 48.6 Å². The maximum Gasteiger partial charge on any atom is 0.416 e. The van der Waals surface area contributed by atoms with Crippen molar-refractivity contribution < 1.29 is 27.8 Å². The van der Waals surface area contributed by atoms with Crippen molar-refractivity contribution in [1.82, 2.24) is 15.0 Å². The molecule has 200 valence electrons. The summed E-state index contributed by atoms with van der Waals surface area (Å²) in [6, 6.07) is 7.78. The molecule has 5 rings (SSSR count). The Balaban J connectivity index is 1.42. The summed E-state index contributed by atoms with van der Waals surface area (Å²) in [5.74, 6) is 0.738. The lowest BCUT2D eigenvalue weighted by molar-refractivity contribution is -0.137. The van der Waals surface area contributed by atoms with Gasteiger partial charge in [0, 0.05) is 24.1 Å². The normalized spacial score (nSPS) is 16.8. The number of amides is 2. The number of rotatable bonds is 6. The van der Waals surface area contributed by atoms with E-state index < -0.39 is 23.2 Å². The average molecular weight is 529 g/mol. The van der Waals surface area contributed by atoms with E-state index >= 15 is 0 Å². The van der Waals surface area contributed by atoms with E-state index in [0.717, 1.165) is 24.4 Å². The summed E-state index contributed by atoms with van der Waals surface area (Å²) in [6.45, 7) is 5.16. The Morgan fingerprint density at radius 3 is 2.76 bits per heavy atom. The standard InChI is InChI=1S/C26H27F3N6O3/c1-25(2,14-36)15-38-22-12-30-11-21(32-22)33-24(37)35-18-8-9-34(13-18)20-7-6-19(31-23(20)35)16-4-3-5-17(10-16)26(27,28)29/h3-7,10-12,18,36H,8-9,13-15H2,1-2H3,(H,32,33,37). The van der Waals surface area contributed by atoms with E-state index in [0.29, 0.717) is 30.0 Å². The van der Waals surface area contributed by atoms with Crippen molar-refractivity contribution in [2.24, 2.45) is 5.41 Å². The molecule has 0 radical (unpaired) electrons. The number of carbonyl (C=O) groups is 1. The highest BCUT2D eigenvalue weighted by atomic mass is 19.4. The fraction of sp³-hybridized carbons (Fsp3) is 0.385. The summed E-state index contributed by atoms with van der Waals surface area (Å²) in [7, 11) is 0. The van der Waals surface area contributed by atoms with Crippen molar-refractivity contribution in [3.63, 3.8) is 0 Å². The predicted octanol–water partition coefficient (Wildman–Crippen LogP) is 4.59. The Hall–Kier alpha value is -3.93. The van der Waals surface area contributed by atoms with Gasteiger partial charge in [0.15, 0.2) is 11.6 Å². The number of pyridine rings is 1. The Morgan fingerprint density at radius 1 is 1.18 bits per heavy atom. The number of aliphatic hydroxyl groups excluding tert-OH is 1. The van der Waals surface area contributed by atoms with Gasteiger partial charge in [-0.05, 0) is 30.7 Å².